The molecule has 0 heterocycles. The van der Waals surface area contributed by atoms with E-state index in [1.54, 1.807) is 13.2 Å². The Bertz CT molecular complexity index is 656. The molecule has 1 aromatic carbocycles. The smallest absolute Gasteiger partial charge is 0.133 e. The standard InChI is InChI=1S/C23H32F2O/c1-3-14-4-9-20-18(10-14)13-21(24)22(23(20)25)17-6-5-16-12-19(26-2)8-7-15(16)11-17/h13-17,19H,3-12H2,1-2H3. The van der Waals surface area contributed by atoms with Crippen LogP contribution in [0.2, 0.25) is 0 Å². The van der Waals surface area contributed by atoms with Gasteiger partial charge in [0.1, 0.15) is 11.6 Å². The molecule has 3 heteroatoms. The fourth-order valence-corrected chi connectivity index (χ4v) is 5.99. The predicted molar refractivity (Wildman–Crippen MR) is 100 cm³/mol. The third-order valence-corrected chi connectivity index (χ3v) is 7.64. The first kappa shape index (κ1) is 18.4. The van der Waals surface area contributed by atoms with Crippen LogP contribution in [-0.2, 0) is 17.6 Å². The van der Waals surface area contributed by atoms with Gasteiger partial charge < -0.3 is 4.74 Å². The molecule has 2 saturated carbocycles. The van der Waals surface area contributed by atoms with Crippen LogP contribution in [-0.4, -0.2) is 13.2 Å². The molecule has 0 amide bonds. The summed E-state index contributed by atoms with van der Waals surface area (Å²) in [5.74, 6) is 1.44. The van der Waals surface area contributed by atoms with Gasteiger partial charge in [0.05, 0.1) is 6.10 Å². The molecule has 0 N–H and O–H groups in total. The summed E-state index contributed by atoms with van der Waals surface area (Å²) in [6, 6.07) is 1.67. The van der Waals surface area contributed by atoms with Crippen molar-refractivity contribution in [1.29, 1.82) is 0 Å². The Balaban J connectivity index is 1.55. The van der Waals surface area contributed by atoms with Crippen LogP contribution < -0.4 is 0 Å². The second kappa shape index (κ2) is 7.58. The summed E-state index contributed by atoms with van der Waals surface area (Å²) < 4.78 is 35.8. The molecular weight excluding hydrogens is 330 g/mol. The first-order valence-corrected chi connectivity index (χ1v) is 10.6. The molecule has 2 fully saturated rings. The van der Waals surface area contributed by atoms with E-state index < -0.39 is 0 Å². The molecule has 0 spiro atoms. The van der Waals surface area contributed by atoms with Crippen molar-refractivity contribution in [2.24, 2.45) is 17.8 Å². The van der Waals surface area contributed by atoms with Crippen molar-refractivity contribution in [2.45, 2.75) is 83.2 Å². The quantitative estimate of drug-likeness (QED) is 0.624. The molecule has 0 saturated heterocycles. The lowest BCUT2D eigenvalue weighted by molar-refractivity contribution is 0.0119. The van der Waals surface area contributed by atoms with E-state index in [1.807, 2.05) is 0 Å². The fourth-order valence-electron chi connectivity index (χ4n) is 5.99. The highest BCUT2D eigenvalue weighted by atomic mass is 19.1. The van der Waals surface area contributed by atoms with Crippen molar-refractivity contribution in [3.63, 3.8) is 0 Å². The van der Waals surface area contributed by atoms with Gasteiger partial charge in [-0.1, -0.05) is 13.3 Å². The number of fused-ring (bicyclic) bond motifs is 2. The summed E-state index contributed by atoms with van der Waals surface area (Å²) in [4.78, 5) is 0. The summed E-state index contributed by atoms with van der Waals surface area (Å²) in [5.41, 5.74) is 2.15. The van der Waals surface area contributed by atoms with E-state index >= 15 is 4.39 Å². The molecule has 0 bridgehead atoms. The Morgan fingerprint density at radius 2 is 1.81 bits per heavy atom. The summed E-state index contributed by atoms with van der Waals surface area (Å²) in [7, 11) is 1.80. The Labute approximate surface area is 156 Å². The number of methoxy groups -OCH3 is 1. The molecule has 26 heavy (non-hydrogen) atoms. The van der Waals surface area contributed by atoms with Gasteiger partial charge in [-0.3, -0.25) is 0 Å². The second-order valence-corrected chi connectivity index (χ2v) is 8.94. The number of halogens is 2. The normalized spacial score (nSPS) is 34.2. The van der Waals surface area contributed by atoms with E-state index in [0.717, 1.165) is 75.3 Å². The van der Waals surface area contributed by atoms with E-state index in [9.17, 15) is 4.39 Å². The summed E-state index contributed by atoms with van der Waals surface area (Å²) >= 11 is 0. The first-order chi connectivity index (χ1) is 12.6. The molecule has 0 aliphatic heterocycles. The molecule has 3 aliphatic rings. The molecule has 4 rings (SSSR count). The molecule has 1 nitrogen and oxygen atoms in total. The number of benzene rings is 1. The molecular formula is C23H32F2O. The Morgan fingerprint density at radius 1 is 1.04 bits per heavy atom. The Hall–Kier alpha value is -0.960. The minimum atomic E-state index is -0.285. The maximum Gasteiger partial charge on any atom is 0.133 e. The van der Waals surface area contributed by atoms with Crippen LogP contribution in [0.3, 0.4) is 0 Å². The Morgan fingerprint density at radius 3 is 2.58 bits per heavy atom. The third-order valence-electron chi connectivity index (χ3n) is 7.64. The van der Waals surface area contributed by atoms with Crippen molar-refractivity contribution in [2.75, 3.05) is 7.11 Å². The van der Waals surface area contributed by atoms with E-state index in [0.29, 0.717) is 29.4 Å². The largest absolute Gasteiger partial charge is 0.381 e. The number of rotatable bonds is 3. The molecule has 5 atom stereocenters. The average molecular weight is 363 g/mol. The Kier molecular flexibility index (Phi) is 5.36. The van der Waals surface area contributed by atoms with Crippen LogP contribution in [0.25, 0.3) is 0 Å². The van der Waals surface area contributed by atoms with Gasteiger partial charge in [-0.05, 0) is 98.7 Å². The van der Waals surface area contributed by atoms with Crippen LogP contribution in [0.1, 0.15) is 80.9 Å². The zero-order chi connectivity index (χ0) is 18.3. The summed E-state index contributed by atoms with van der Waals surface area (Å²) in [6.45, 7) is 2.17. The summed E-state index contributed by atoms with van der Waals surface area (Å²) in [6.07, 6.45) is 10.5. The third kappa shape index (κ3) is 3.32. The SMILES string of the molecule is CCC1CCc2c(cc(F)c(C3CCC4CC(OC)CCC4C3)c2F)C1. The highest BCUT2D eigenvalue weighted by Gasteiger charge is 2.38. The molecule has 3 aliphatic carbocycles. The van der Waals surface area contributed by atoms with Crippen LogP contribution in [0.15, 0.2) is 6.07 Å². The molecule has 144 valence electrons. The van der Waals surface area contributed by atoms with E-state index in [1.165, 1.54) is 0 Å². The van der Waals surface area contributed by atoms with E-state index in [-0.39, 0.29) is 17.6 Å². The average Bonchev–Trinajstić information content (AvgIpc) is 2.67. The number of hydrogen-bond donors (Lipinski definition) is 0. The van der Waals surface area contributed by atoms with Crippen molar-refractivity contribution >= 4 is 0 Å². The van der Waals surface area contributed by atoms with Gasteiger partial charge in [-0.25, -0.2) is 8.78 Å². The zero-order valence-corrected chi connectivity index (χ0v) is 16.2. The maximum absolute atomic E-state index is 15.3. The van der Waals surface area contributed by atoms with E-state index in [4.69, 9.17) is 4.74 Å². The zero-order valence-electron chi connectivity index (χ0n) is 16.2. The van der Waals surface area contributed by atoms with Crippen LogP contribution in [0.5, 0.6) is 0 Å². The van der Waals surface area contributed by atoms with Crippen molar-refractivity contribution in [1.82, 2.24) is 0 Å². The maximum atomic E-state index is 15.3. The van der Waals surface area contributed by atoms with Gasteiger partial charge >= 0.3 is 0 Å². The highest BCUT2D eigenvalue weighted by Crippen LogP contribution is 2.48. The molecule has 0 radical (unpaired) electrons. The lowest BCUT2D eigenvalue weighted by atomic mass is 9.65. The van der Waals surface area contributed by atoms with E-state index in [2.05, 4.69) is 6.92 Å². The first-order valence-electron chi connectivity index (χ1n) is 10.6. The molecule has 5 unspecified atom stereocenters. The lowest BCUT2D eigenvalue weighted by Crippen LogP contribution is -2.33. The second-order valence-electron chi connectivity index (χ2n) is 8.94. The highest BCUT2D eigenvalue weighted by molar-refractivity contribution is 5.39. The minimum Gasteiger partial charge on any atom is -0.381 e. The van der Waals surface area contributed by atoms with Gasteiger partial charge in [0.15, 0.2) is 0 Å². The van der Waals surface area contributed by atoms with Crippen molar-refractivity contribution < 1.29 is 13.5 Å². The van der Waals surface area contributed by atoms with Gasteiger partial charge in [0, 0.05) is 12.7 Å². The fraction of sp³-hybridized carbons (Fsp3) is 0.739. The van der Waals surface area contributed by atoms with Gasteiger partial charge in [-0.15, -0.1) is 0 Å². The van der Waals surface area contributed by atoms with Crippen LogP contribution >= 0.6 is 0 Å². The van der Waals surface area contributed by atoms with Crippen molar-refractivity contribution in [3.05, 3.63) is 34.4 Å². The number of ether oxygens (including phenoxy) is 1. The molecule has 0 aromatic heterocycles. The predicted octanol–water partition coefficient (Wildman–Crippen LogP) is 6.18. The number of hydrogen-bond acceptors (Lipinski definition) is 1. The van der Waals surface area contributed by atoms with Crippen molar-refractivity contribution in [3.8, 4) is 0 Å². The van der Waals surface area contributed by atoms with Gasteiger partial charge in [0.2, 0.25) is 0 Å². The minimum absolute atomic E-state index is 0.0598. The van der Waals surface area contributed by atoms with Crippen LogP contribution in [0.4, 0.5) is 8.78 Å². The monoisotopic (exact) mass is 362 g/mol. The topological polar surface area (TPSA) is 9.23 Å². The van der Waals surface area contributed by atoms with Gasteiger partial charge in [-0.2, -0.15) is 0 Å². The lowest BCUT2D eigenvalue weighted by Gasteiger charge is -2.42. The molecule has 1 aromatic rings. The van der Waals surface area contributed by atoms with Crippen LogP contribution in [0, 0.1) is 29.4 Å². The summed E-state index contributed by atoms with van der Waals surface area (Å²) in [5, 5.41) is 0. The van der Waals surface area contributed by atoms with Gasteiger partial charge in [0.25, 0.3) is 0 Å².